The molecule has 1 aromatic heterocycles. The van der Waals surface area contributed by atoms with Crippen molar-refractivity contribution in [1.29, 1.82) is 0 Å². The van der Waals surface area contributed by atoms with E-state index < -0.39 is 20.0 Å². The Balaban J connectivity index is 2.30. The van der Waals surface area contributed by atoms with E-state index in [1.54, 1.807) is 12.4 Å². The Bertz CT molecular complexity index is 743. The lowest BCUT2D eigenvalue weighted by Crippen LogP contribution is -2.62. The number of nitrogen functional groups attached to an aromatic ring is 1. The van der Waals surface area contributed by atoms with Crippen LogP contribution in [0.3, 0.4) is 0 Å². The molecule has 8 heteroatoms. The summed E-state index contributed by atoms with van der Waals surface area (Å²) >= 11 is 0. The monoisotopic (exact) mass is 436 g/mol. The van der Waals surface area contributed by atoms with Crippen molar-refractivity contribution in [3.63, 3.8) is 0 Å². The first-order chi connectivity index (χ1) is 13.6. The highest BCUT2D eigenvalue weighted by molar-refractivity contribution is 6.74. The number of nitrogens with one attached hydrogen (secondary N) is 1. The van der Waals surface area contributed by atoms with E-state index in [0.29, 0.717) is 12.2 Å². The van der Waals surface area contributed by atoms with Gasteiger partial charge in [0.15, 0.2) is 8.32 Å². The second-order valence-electron chi connectivity index (χ2n) is 10.9. The van der Waals surface area contributed by atoms with Gasteiger partial charge >= 0.3 is 6.09 Å². The normalized spacial score (nSPS) is 23.2. The number of hydrogen-bond acceptors (Lipinski definition) is 6. The average molecular weight is 437 g/mol. The van der Waals surface area contributed by atoms with Crippen LogP contribution < -0.4 is 16.0 Å². The van der Waals surface area contributed by atoms with Gasteiger partial charge in [-0.05, 0) is 45.0 Å². The Labute approximate surface area is 182 Å². The van der Waals surface area contributed by atoms with E-state index in [0.717, 1.165) is 12.2 Å². The summed E-state index contributed by atoms with van der Waals surface area (Å²) in [4.78, 5) is 18.9. The number of pyridine rings is 1. The Kier molecular flexibility index (Phi) is 7.13. The number of anilines is 2. The van der Waals surface area contributed by atoms with Crippen LogP contribution in [-0.2, 0) is 9.16 Å². The van der Waals surface area contributed by atoms with Crippen LogP contribution >= 0.6 is 0 Å². The molecule has 0 radical (unpaired) electrons. The standard InChI is InChI=1S/C22H40N4O3Si/c1-15-13-26(18-10-11-24-12-16(18)23)14-17(25-20(27)28-21(2,3)4)19(15)29-30(8,9)22(5,6)7/h10-12,15,17,19H,13-14,23H2,1-9H3,(H,25,27)/t15-,17+,19-/m0/s1. The van der Waals surface area contributed by atoms with Crippen molar-refractivity contribution in [2.24, 2.45) is 5.92 Å². The minimum Gasteiger partial charge on any atom is -0.444 e. The number of alkyl carbamates (subject to hydrolysis) is 1. The van der Waals surface area contributed by atoms with Crippen LogP contribution in [0.15, 0.2) is 18.5 Å². The lowest BCUT2D eigenvalue weighted by Gasteiger charge is -2.48. The second kappa shape index (κ2) is 8.75. The summed E-state index contributed by atoms with van der Waals surface area (Å²) < 4.78 is 12.4. The third kappa shape index (κ3) is 6.10. The number of piperidine rings is 1. The van der Waals surface area contributed by atoms with E-state index >= 15 is 0 Å². The fourth-order valence-corrected chi connectivity index (χ4v) is 4.88. The molecule has 0 saturated carbocycles. The summed E-state index contributed by atoms with van der Waals surface area (Å²) in [5.74, 6) is 0.195. The van der Waals surface area contributed by atoms with Crippen molar-refractivity contribution in [1.82, 2.24) is 10.3 Å². The molecule has 7 nitrogen and oxygen atoms in total. The summed E-state index contributed by atoms with van der Waals surface area (Å²) in [5.41, 5.74) is 7.18. The molecule has 30 heavy (non-hydrogen) atoms. The molecule has 2 rings (SSSR count). The number of rotatable bonds is 4. The quantitative estimate of drug-likeness (QED) is 0.680. The third-order valence-corrected chi connectivity index (χ3v) is 10.5. The molecule has 0 unspecified atom stereocenters. The van der Waals surface area contributed by atoms with Crippen molar-refractivity contribution >= 4 is 25.8 Å². The smallest absolute Gasteiger partial charge is 0.408 e. The minimum atomic E-state index is -2.03. The molecular formula is C22H40N4O3Si. The third-order valence-electron chi connectivity index (χ3n) is 5.99. The van der Waals surface area contributed by atoms with Gasteiger partial charge < -0.3 is 25.1 Å². The van der Waals surface area contributed by atoms with Crippen LogP contribution in [0.1, 0.15) is 48.5 Å². The minimum absolute atomic E-state index is 0.0792. The summed E-state index contributed by atoms with van der Waals surface area (Å²) in [5, 5.41) is 3.17. The average Bonchev–Trinajstić information content (AvgIpc) is 2.55. The summed E-state index contributed by atoms with van der Waals surface area (Å²) in [6.07, 6.45) is 2.88. The Morgan fingerprint density at radius 3 is 2.40 bits per heavy atom. The van der Waals surface area contributed by atoms with E-state index in [1.165, 1.54) is 0 Å². The predicted octanol–water partition coefficient (Wildman–Crippen LogP) is 4.40. The molecule has 0 aliphatic carbocycles. The first-order valence-corrected chi connectivity index (χ1v) is 13.6. The fraction of sp³-hybridized carbons (Fsp3) is 0.727. The number of hydrogen-bond donors (Lipinski definition) is 2. The van der Waals surface area contributed by atoms with Crippen molar-refractivity contribution in [3.8, 4) is 0 Å². The Morgan fingerprint density at radius 1 is 1.23 bits per heavy atom. The SMILES string of the molecule is C[C@H]1CN(c2ccncc2N)C[C@@H](NC(=O)OC(C)(C)C)[C@H]1O[Si](C)(C)C(C)(C)C. The molecule has 1 amide bonds. The molecule has 1 fully saturated rings. The Hall–Kier alpha value is -1.80. The maximum absolute atomic E-state index is 12.6. The van der Waals surface area contributed by atoms with Gasteiger partial charge in [0.1, 0.15) is 5.60 Å². The number of nitrogens with two attached hydrogens (primary N) is 1. The summed E-state index contributed by atoms with van der Waals surface area (Å²) in [6, 6.07) is 1.70. The fourth-order valence-electron chi connectivity index (χ4n) is 3.45. The number of amides is 1. The van der Waals surface area contributed by atoms with Crippen molar-refractivity contribution in [3.05, 3.63) is 18.5 Å². The number of aromatic nitrogens is 1. The van der Waals surface area contributed by atoms with E-state index in [1.807, 2.05) is 26.8 Å². The van der Waals surface area contributed by atoms with Crippen LogP contribution in [0, 0.1) is 5.92 Å². The van der Waals surface area contributed by atoms with E-state index in [9.17, 15) is 4.79 Å². The lowest BCUT2D eigenvalue weighted by atomic mass is 9.92. The molecule has 1 aromatic rings. The highest BCUT2D eigenvalue weighted by Gasteiger charge is 2.45. The largest absolute Gasteiger partial charge is 0.444 e. The van der Waals surface area contributed by atoms with Gasteiger partial charge in [-0.1, -0.05) is 27.7 Å². The first-order valence-electron chi connectivity index (χ1n) is 10.7. The van der Waals surface area contributed by atoms with Gasteiger partial charge in [0.05, 0.1) is 29.7 Å². The molecule has 0 spiro atoms. The molecule has 1 saturated heterocycles. The molecule has 0 bridgehead atoms. The van der Waals surface area contributed by atoms with Crippen molar-refractivity contribution in [2.45, 2.75) is 84.3 Å². The number of carbonyl (C=O) groups is 1. The van der Waals surface area contributed by atoms with E-state index in [4.69, 9.17) is 14.9 Å². The van der Waals surface area contributed by atoms with Gasteiger partial charge in [-0.3, -0.25) is 4.98 Å². The molecule has 1 aliphatic heterocycles. The number of ether oxygens (including phenoxy) is 1. The van der Waals surface area contributed by atoms with Crippen molar-refractivity contribution < 1.29 is 14.0 Å². The maximum atomic E-state index is 12.6. The van der Waals surface area contributed by atoms with Crippen LogP contribution in [0.4, 0.5) is 16.2 Å². The van der Waals surface area contributed by atoms with Crippen LogP contribution in [0.5, 0.6) is 0 Å². The van der Waals surface area contributed by atoms with Crippen LogP contribution in [0.25, 0.3) is 0 Å². The van der Waals surface area contributed by atoms with E-state index in [2.05, 4.69) is 56.0 Å². The van der Waals surface area contributed by atoms with Gasteiger partial charge in [-0.25, -0.2) is 4.79 Å². The molecular weight excluding hydrogens is 396 g/mol. The van der Waals surface area contributed by atoms with Crippen LogP contribution in [0.2, 0.25) is 18.1 Å². The van der Waals surface area contributed by atoms with E-state index in [-0.39, 0.29) is 23.1 Å². The second-order valence-corrected chi connectivity index (χ2v) is 15.7. The molecule has 0 aromatic carbocycles. The summed E-state index contributed by atoms with van der Waals surface area (Å²) in [7, 11) is -2.03. The number of nitrogens with zero attached hydrogens (tertiary/aromatic N) is 2. The van der Waals surface area contributed by atoms with Gasteiger partial charge in [-0.2, -0.15) is 0 Å². The molecule has 2 heterocycles. The first kappa shape index (κ1) is 24.5. The molecule has 170 valence electrons. The summed E-state index contributed by atoms with van der Waals surface area (Å²) in [6.45, 7) is 20.3. The molecule has 3 N–H and O–H groups in total. The topological polar surface area (TPSA) is 89.7 Å². The maximum Gasteiger partial charge on any atom is 0.408 e. The van der Waals surface area contributed by atoms with Gasteiger partial charge in [0.25, 0.3) is 0 Å². The van der Waals surface area contributed by atoms with Gasteiger partial charge in [0.2, 0.25) is 0 Å². The van der Waals surface area contributed by atoms with Gasteiger partial charge in [0, 0.05) is 25.2 Å². The molecule has 1 aliphatic rings. The van der Waals surface area contributed by atoms with Gasteiger partial charge in [-0.15, -0.1) is 0 Å². The zero-order valence-electron chi connectivity index (χ0n) is 20.1. The molecule has 3 atom stereocenters. The number of carbonyl (C=O) groups excluding carboxylic acids is 1. The van der Waals surface area contributed by atoms with Crippen LogP contribution in [-0.4, -0.2) is 50.2 Å². The highest BCUT2D eigenvalue weighted by Crippen LogP contribution is 2.40. The highest BCUT2D eigenvalue weighted by atomic mass is 28.4. The zero-order valence-corrected chi connectivity index (χ0v) is 21.1. The lowest BCUT2D eigenvalue weighted by molar-refractivity contribution is 0.0336. The predicted molar refractivity (Wildman–Crippen MR) is 125 cm³/mol. The Morgan fingerprint density at radius 2 is 1.87 bits per heavy atom. The zero-order chi connectivity index (χ0) is 22.9. The van der Waals surface area contributed by atoms with Crippen molar-refractivity contribution in [2.75, 3.05) is 23.7 Å².